The summed E-state index contributed by atoms with van der Waals surface area (Å²) in [6, 6.07) is 5.54. The number of fused-ring (bicyclic) bond motifs is 1. The van der Waals surface area contributed by atoms with Crippen LogP contribution >= 0.6 is 0 Å². The van der Waals surface area contributed by atoms with Crippen molar-refractivity contribution in [3.05, 3.63) is 24.4 Å². The molecular formula is C21H28N4O5. The highest BCUT2D eigenvalue weighted by molar-refractivity contribution is 5.94. The number of nitrogens with one attached hydrogen (secondary N) is 1. The molecule has 9 nitrogen and oxygen atoms in total. The number of piperidine rings is 1. The first-order chi connectivity index (χ1) is 14.5. The maximum absolute atomic E-state index is 12.5. The van der Waals surface area contributed by atoms with E-state index in [9.17, 15) is 14.7 Å². The molecule has 2 aromatic rings. The van der Waals surface area contributed by atoms with Crippen molar-refractivity contribution in [2.24, 2.45) is 0 Å². The van der Waals surface area contributed by atoms with Crippen LogP contribution < -0.4 is 5.32 Å². The molecule has 0 spiro atoms. The van der Waals surface area contributed by atoms with E-state index < -0.39 is 5.60 Å². The number of aliphatic hydroxyl groups is 1. The molecule has 1 aromatic carbocycles. The standard InChI is InChI=1S/C21H28N4O5/c1-29-13-19(26)23-16-5-4-15-12-22-25(17(15)11-16)14-21(28)6-8-24(9-7-21)20(27)18-3-2-10-30-18/h4-5,11-12,18,28H,2-3,6-10,13-14H2,1H3,(H,23,26)/t18-/m0/s1. The lowest BCUT2D eigenvalue weighted by Crippen LogP contribution is -2.51. The molecule has 2 fully saturated rings. The van der Waals surface area contributed by atoms with Gasteiger partial charge in [-0.05, 0) is 43.9 Å². The molecule has 0 aliphatic carbocycles. The first kappa shape index (κ1) is 20.8. The van der Waals surface area contributed by atoms with Gasteiger partial charge < -0.3 is 24.8 Å². The van der Waals surface area contributed by atoms with Gasteiger partial charge in [0.15, 0.2) is 0 Å². The average Bonchev–Trinajstić information content (AvgIpc) is 3.39. The van der Waals surface area contributed by atoms with Crippen LogP contribution in [0.5, 0.6) is 0 Å². The van der Waals surface area contributed by atoms with E-state index in [1.165, 1.54) is 7.11 Å². The fourth-order valence-corrected chi connectivity index (χ4v) is 4.16. The Morgan fingerprint density at radius 1 is 1.37 bits per heavy atom. The lowest BCUT2D eigenvalue weighted by molar-refractivity contribution is -0.145. The van der Waals surface area contributed by atoms with Crippen molar-refractivity contribution in [3.63, 3.8) is 0 Å². The number of nitrogens with zero attached hydrogens (tertiary/aromatic N) is 3. The average molecular weight is 416 g/mol. The van der Waals surface area contributed by atoms with Gasteiger partial charge in [0.2, 0.25) is 5.91 Å². The second kappa shape index (κ2) is 8.71. The summed E-state index contributed by atoms with van der Waals surface area (Å²) in [7, 11) is 1.47. The van der Waals surface area contributed by atoms with Gasteiger partial charge in [-0.25, -0.2) is 0 Å². The number of rotatable bonds is 6. The van der Waals surface area contributed by atoms with Gasteiger partial charge in [0.1, 0.15) is 12.7 Å². The van der Waals surface area contributed by atoms with Crippen molar-refractivity contribution < 1.29 is 24.2 Å². The zero-order valence-electron chi connectivity index (χ0n) is 17.2. The summed E-state index contributed by atoms with van der Waals surface area (Å²) in [5.74, 6) is -0.194. The van der Waals surface area contributed by atoms with Crippen molar-refractivity contribution in [1.29, 1.82) is 0 Å². The highest BCUT2D eigenvalue weighted by atomic mass is 16.5. The number of ether oxygens (including phenoxy) is 2. The molecule has 2 amide bonds. The zero-order valence-corrected chi connectivity index (χ0v) is 17.2. The molecule has 162 valence electrons. The predicted octanol–water partition coefficient (Wildman–Crippen LogP) is 1.15. The second-order valence-corrected chi connectivity index (χ2v) is 8.11. The third kappa shape index (κ3) is 4.48. The van der Waals surface area contributed by atoms with E-state index in [4.69, 9.17) is 9.47 Å². The third-order valence-electron chi connectivity index (χ3n) is 5.86. The number of hydrogen-bond acceptors (Lipinski definition) is 6. The Balaban J connectivity index is 1.42. The van der Waals surface area contributed by atoms with Crippen molar-refractivity contribution >= 4 is 28.4 Å². The van der Waals surface area contributed by atoms with E-state index in [1.807, 2.05) is 18.2 Å². The monoisotopic (exact) mass is 416 g/mol. The van der Waals surface area contributed by atoms with Crippen molar-refractivity contribution in [3.8, 4) is 0 Å². The summed E-state index contributed by atoms with van der Waals surface area (Å²) in [6.45, 7) is 1.97. The minimum Gasteiger partial charge on any atom is -0.388 e. The molecule has 2 N–H and O–H groups in total. The third-order valence-corrected chi connectivity index (χ3v) is 5.86. The first-order valence-electron chi connectivity index (χ1n) is 10.3. The molecule has 1 atom stereocenters. The molecule has 0 unspecified atom stereocenters. The van der Waals surface area contributed by atoms with Crippen molar-refractivity contribution in [1.82, 2.24) is 14.7 Å². The van der Waals surface area contributed by atoms with Gasteiger partial charge in [0, 0.05) is 37.9 Å². The summed E-state index contributed by atoms with van der Waals surface area (Å²) < 4.78 is 12.1. The lowest BCUT2D eigenvalue weighted by Gasteiger charge is -2.39. The largest absolute Gasteiger partial charge is 0.388 e. The smallest absolute Gasteiger partial charge is 0.251 e. The van der Waals surface area contributed by atoms with Gasteiger partial charge in [-0.2, -0.15) is 5.10 Å². The van der Waals surface area contributed by atoms with E-state index in [2.05, 4.69) is 10.4 Å². The summed E-state index contributed by atoms with van der Waals surface area (Å²) in [6.07, 6.45) is 4.10. The Bertz CT molecular complexity index is 913. The number of methoxy groups -OCH3 is 1. The Labute approximate surface area is 174 Å². The van der Waals surface area contributed by atoms with E-state index in [0.717, 1.165) is 23.7 Å². The van der Waals surface area contributed by atoms with Crippen LogP contribution in [0.4, 0.5) is 5.69 Å². The normalized spacial score (nSPS) is 21.1. The molecule has 9 heteroatoms. The summed E-state index contributed by atoms with van der Waals surface area (Å²) in [5, 5.41) is 19.3. The minimum absolute atomic E-state index is 0.0157. The van der Waals surface area contributed by atoms with Crippen molar-refractivity contribution in [2.45, 2.75) is 43.9 Å². The van der Waals surface area contributed by atoms with E-state index in [-0.39, 0.29) is 24.5 Å². The van der Waals surface area contributed by atoms with Gasteiger partial charge in [-0.15, -0.1) is 0 Å². The molecule has 2 aliphatic rings. The molecule has 0 radical (unpaired) electrons. The SMILES string of the molecule is COCC(=O)Nc1ccc2cnn(CC3(O)CCN(C(=O)[C@@H]4CCCO4)CC3)c2c1. The van der Waals surface area contributed by atoms with Gasteiger partial charge in [-0.1, -0.05) is 0 Å². The van der Waals surface area contributed by atoms with Crippen LogP contribution in [0.3, 0.4) is 0 Å². The van der Waals surface area contributed by atoms with Gasteiger partial charge in [0.25, 0.3) is 5.91 Å². The number of aromatic nitrogens is 2. The van der Waals surface area contributed by atoms with Crippen LogP contribution in [0, 0.1) is 0 Å². The van der Waals surface area contributed by atoms with Crippen LogP contribution in [0.1, 0.15) is 25.7 Å². The Morgan fingerprint density at radius 3 is 2.87 bits per heavy atom. The van der Waals surface area contributed by atoms with Crippen LogP contribution in [-0.2, 0) is 25.6 Å². The highest BCUT2D eigenvalue weighted by Gasteiger charge is 2.37. The molecule has 1 aromatic heterocycles. The molecule has 0 bridgehead atoms. The number of likely N-dealkylation sites (tertiary alicyclic amines) is 1. The van der Waals surface area contributed by atoms with E-state index in [1.54, 1.807) is 15.8 Å². The first-order valence-corrected chi connectivity index (χ1v) is 10.3. The Hall–Kier alpha value is -2.49. The predicted molar refractivity (Wildman–Crippen MR) is 110 cm³/mol. The molecule has 3 heterocycles. The van der Waals surface area contributed by atoms with Gasteiger partial charge >= 0.3 is 0 Å². The maximum atomic E-state index is 12.5. The summed E-state index contributed by atoms with van der Waals surface area (Å²) in [5.41, 5.74) is 0.536. The number of carbonyl (C=O) groups is 2. The molecule has 2 aliphatic heterocycles. The summed E-state index contributed by atoms with van der Waals surface area (Å²) in [4.78, 5) is 26.1. The van der Waals surface area contributed by atoms with Crippen molar-refractivity contribution in [2.75, 3.05) is 38.7 Å². The fourth-order valence-electron chi connectivity index (χ4n) is 4.16. The number of hydrogen-bond donors (Lipinski definition) is 2. The molecule has 30 heavy (non-hydrogen) atoms. The Kier molecular flexibility index (Phi) is 6.03. The number of carbonyl (C=O) groups excluding carboxylic acids is 2. The topological polar surface area (TPSA) is 106 Å². The maximum Gasteiger partial charge on any atom is 0.251 e. The minimum atomic E-state index is -0.943. The fraction of sp³-hybridized carbons (Fsp3) is 0.571. The van der Waals surface area contributed by atoms with Crippen LogP contribution in [0.15, 0.2) is 24.4 Å². The molecule has 0 saturated carbocycles. The number of anilines is 1. The van der Waals surface area contributed by atoms with Crippen LogP contribution in [0.25, 0.3) is 10.9 Å². The second-order valence-electron chi connectivity index (χ2n) is 8.11. The van der Waals surface area contributed by atoms with Crippen LogP contribution in [0.2, 0.25) is 0 Å². The highest BCUT2D eigenvalue weighted by Crippen LogP contribution is 2.28. The molecule has 2 saturated heterocycles. The number of amides is 2. The van der Waals surface area contributed by atoms with Gasteiger partial charge in [-0.3, -0.25) is 14.3 Å². The zero-order chi connectivity index (χ0) is 21.1. The Morgan fingerprint density at radius 2 is 2.17 bits per heavy atom. The van der Waals surface area contributed by atoms with Gasteiger partial charge in [0.05, 0.1) is 23.9 Å². The molecule has 4 rings (SSSR count). The lowest BCUT2D eigenvalue weighted by atomic mass is 9.91. The van der Waals surface area contributed by atoms with E-state index in [0.29, 0.717) is 44.8 Å². The molecular weight excluding hydrogens is 388 g/mol. The van der Waals surface area contributed by atoms with E-state index >= 15 is 0 Å². The number of benzene rings is 1. The summed E-state index contributed by atoms with van der Waals surface area (Å²) >= 11 is 0. The quantitative estimate of drug-likeness (QED) is 0.732. The van der Waals surface area contributed by atoms with Crippen LogP contribution in [-0.4, -0.2) is 76.7 Å².